The summed E-state index contributed by atoms with van der Waals surface area (Å²) in [6.07, 6.45) is 1.01. The number of aromatic nitrogens is 2. The van der Waals surface area contributed by atoms with Gasteiger partial charge in [-0.25, -0.2) is 0 Å². The van der Waals surface area contributed by atoms with Gasteiger partial charge >= 0.3 is 0 Å². The molecular weight excluding hydrogens is 254 g/mol. The summed E-state index contributed by atoms with van der Waals surface area (Å²) in [6.45, 7) is 3.94. The molecule has 0 unspecified atom stereocenters. The number of phenolic OH excluding ortho intramolecular Hbond substituents is 1. The van der Waals surface area contributed by atoms with Gasteiger partial charge in [0, 0.05) is 19.2 Å². The number of anilines is 1. The molecule has 0 aliphatic heterocycles. The number of nitrogens with zero attached hydrogens (tertiary/aromatic N) is 2. The monoisotopic (exact) mass is 273 g/mol. The van der Waals surface area contributed by atoms with Gasteiger partial charge in [0.25, 0.3) is 0 Å². The van der Waals surface area contributed by atoms with Crippen LogP contribution in [0.4, 0.5) is 5.69 Å². The smallest absolute Gasteiger partial charge is 0.224 e. The van der Waals surface area contributed by atoms with Gasteiger partial charge in [-0.15, -0.1) is 0 Å². The maximum Gasteiger partial charge on any atom is 0.224 e. The number of nitrogens with one attached hydrogen (secondary N) is 1. The zero-order valence-corrected chi connectivity index (χ0v) is 12.0. The Hall–Kier alpha value is -2.30. The molecule has 0 aliphatic rings. The Bertz CT molecular complexity index is 632. The summed E-state index contributed by atoms with van der Waals surface area (Å²) >= 11 is 0. The van der Waals surface area contributed by atoms with Crippen LogP contribution in [0.5, 0.6) is 5.75 Å². The van der Waals surface area contributed by atoms with Crippen molar-refractivity contribution in [1.29, 1.82) is 0 Å². The topological polar surface area (TPSA) is 67.2 Å². The van der Waals surface area contributed by atoms with Crippen LogP contribution in [-0.4, -0.2) is 20.8 Å². The van der Waals surface area contributed by atoms with E-state index in [2.05, 4.69) is 10.4 Å². The maximum atomic E-state index is 11.9. The molecular formula is C15H19N3O2. The van der Waals surface area contributed by atoms with Crippen LogP contribution >= 0.6 is 0 Å². The summed E-state index contributed by atoms with van der Waals surface area (Å²) < 4.78 is 1.82. The lowest BCUT2D eigenvalue weighted by atomic mass is 10.1. The molecule has 5 nitrogen and oxygen atoms in total. The molecule has 0 saturated heterocycles. The number of amides is 1. The highest BCUT2D eigenvalue weighted by Crippen LogP contribution is 2.22. The number of aromatic hydroxyl groups is 1. The predicted molar refractivity (Wildman–Crippen MR) is 77.7 cm³/mol. The van der Waals surface area contributed by atoms with Crippen molar-refractivity contribution in [2.75, 3.05) is 5.32 Å². The summed E-state index contributed by atoms with van der Waals surface area (Å²) in [7, 11) is 1.90. The van der Waals surface area contributed by atoms with E-state index in [-0.39, 0.29) is 11.7 Å². The van der Waals surface area contributed by atoms with Gasteiger partial charge in [0.1, 0.15) is 5.75 Å². The van der Waals surface area contributed by atoms with Gasteiger partial charge in [0.05, 0.1) is 11.4 Å². The normalized spacial score (nSPS) is 10.6. The molecule has 0 spiro atoms. The highest BCUT2D eigenvalue weighted by atomic mass is 16.3. The van der Waals surface area contributed by atoms with Crippen molar-refractivity contribution in [1.82, 2.24) is 9.78 Å². The van der Waals surface area contributed by atoms with Crippen LogP contribution in [-0.2, 0) is 18.3 Å². The van der Waals surface area contributed by atoms with Crippen LogP contribution in [0.2, 0.25) is 0 Å². The molecule has 1 amide bonds. The van der Waals surface area contributed by atoms with Crippen molar-refractivity contribution < 1.29 is 9.90 Å². The molecule has 1 heterocycles. The fourth-order valence-corrected chi connectivity index (χ4v) is 2.21. The number of aryl methyl sites for hydroxylation is 2. The zero-order chi connectivity index (χ0) is 14.7. The highest BCUT2D eigenvalue weighted by Gasteiger charge is 2.12. The first-order chi connectivity index (χ1) is 9.49. The van der Waals surface area contributed by atoms with Crippen LogP contribution in [0.3, 0.4) is 0 Å². The lowest BCUT2D eigenvalue weighted by Gasteiger charge is -2.07. The van der Waals surface area contributed by atoms with Crippen LogP contribution in [0.15, 0.2) is 24.3 Å². The van der Waals surface area contributed by atoms with Gasteiger partial charge in [0.2, 0.25) is 5.91 Å². The third-order valence-electron chi connectivity index (χ3n) is 3.44. The molecule has 20 heavy (non-hydrogen) atoms. The van der Waals surface area contributed by atoms with Gasteiger partial charge in [-0.1, -0.05) is 12.1 Å². The Morgan fingerprint density at radius 2 is 2.05 bits per heavy atom. The van der Waals surface area contributed by atoms with E-state index in [0.717, 1.165) is 17.0 Å². The van der Waals surface area contributed by atoms with Gasteiger partial charge in [0.15, 0.2) is 0 Å². The molecule has 5 heteroatoms. The fraction of sp³-hybridized carbons (Fsp3) is 0.333. The number of carbonyl (C=O) groups excluding carboxylic acids is 1. The average molecular weight is 273 g/mol. The third kappa shape index (κ3) is 2.99. The molecule has 0 fully saturated rings. The largest absolute Gasteiger partial charge is 0.506 e. The van der Waals surface area contributed by atoms with Gasteiger partial charge in [-0.3, -0.25) is 9.48 Å². The van der Waals surface area contributed by atoms with E-state index in [1.165, 1.54) is 0 Å². The minimum atomic E-state index is -0.117. The SMILES string of the molecule is Cc1nn(C)c(C)c1CCC(=O)Nc1ccccc1O. The number of hydrogen-bond donors (Lipinski definition) is 2. The van der Waals surface area contributed by atoms with Crippen molar-refractivity contribution in [2.24, 2.45) is 7.05 Å². The van der Waals surface area contributed by atoms with Gasteiger partial charge in [-0.2, -0.15) is 5.10 Å². The molecule has 2 aromatic rings. The fourth-order valence-electron chi connectivity index (χ4n) is 2.21. The number of phenols is 1. The van der Waals surface area contributed by atoms with Crippen molar-refractivity contribution in [3.8, 4) is 5.75 Å². The van der Waals surface area contributed by atoms with Crippen molar-refractivity contribution in [3.63, 3.8) is 0 Å². The molecule has 1 aromatic heterocycles. The molecule has 0 radical (unpaired) electrons. The number of benzene rings is 1. The van der Waals surface area contributed by atoms with Crippen LogP contribution < -0.4 is 5.32 Å². The lowest BCUT2D eigenvalue weighted by Crippen LogP contribution is -2.12. The maximum absolute atomic E-state index is 11.9. The van der Waals surface area contributed by atoms with E-state index in [1.54, 1.807) is 24.3 Å². The molecule has 106 valence electrons. The van der Waals surface area contributed by atoms with Gasteiger partial charge < -0.3 is 10.4 Å². The summed E-state index contributed by atoms with van der Waals surface area (Å²) in [6, 6.07) is 6.71. The summed E-state index contributed by atoms with van der Waals surface area (Å²) in [4.78, 5) is 11.9. The Kier molecular flexibility index (Phi) is 4.08. The van der Waals surface area contributed by atoms with Gasteiger partial charge in [-0.05, 0) is 38.0 Å². The first kappa shape index (κ1) is 14.1. The molecule has 2 N–H and O–H groups in total. The van der Waals surface area contributed by atoms with Crippen molar-refractivity contribution in [2.45, 2.75) is 26.7 Å². The minimum absolute atomic E-state index is 0.0783. The van der Waals surface area contributed by atoms with E-state index in [1.807, 2.05) is 25.6 Å². The Labute approximate surface area is 118 Å². The van der Waals surface area contributed by atoms with E-state index in [9.17, 15) is 9.90 Å². The zero-order valence-electron chi connectivity index (χ0n) is 12.0. The Balaban J connectivity index is 1.98. The Morgan fingerprint density at radius 3 is 2.65 bits per heavy atom. The molecule has 1 aromatic carbocycles. The third-order valence-corrected chi connectivity index (χ3v) is 3.44. The van der Waals surface area contributed by atoms with Crippen LogP contribution in [0.25, 0.3) is 0 Å². The average Bonchev–Trinajstić information content (AvgIpc) is 2.64. The van der Waals surface area contributed by atoms with E-state index in [0.29, 0.717) is 18.5 Å². The van der Waals surface area contributed by atoms with Crippen molar-refractivity contribution >= 4 is 11.6 Å². The van der Waals surface area contributed by atoms with E-state index >= 15 is 0 Å². The summed E-state index contributed by atoms with van der Waals surface area (Å²) in [5.74, 6) is -0.0382. The highest BCUT2D eigenvalue weighted by molar-refractivity contribution is 5.92. The molecule has 0 saturated carbocycles. The standard InChI is InChI=1S/C15H19N3O2/c1-10-12(11(2)18(3)17-10)8-9-15(20)16-13-6-4-5-7-14(13)19/h4-7,19H,8-9H2,1-3H3,(H,16,20). The summed E-state index contributed by atoms with van der Waals surface area (Å²) in [5.41, 5.74) is 3.59. The number of hydrogen-bond acceptors (Lipinski definition) is 3. The first-order valence-corrected chi connectivity index (χ1v) is 6.56. The number of carbonyl (C=O) groups is 1. The van der Waals surface area contributed by atoms with E-state index < -0.39 is 0 Å². The number of rotatable bonds is 4. The number of para-hydroxylation sites is 2. The quantitative estimate of drug-likeness (QED) is 0.840. The molecule has 0 atom stereocenters. The van der Waals surface area contributed by atoms with Crippen LogP contribution in [0.1, 0.15) is 23.4 Å². The van der Waals surface area contributed by atoms with Crippen LogP contribution in [0, 0.1) is 13.8 Å². The lowest BCUT2D eigenvalue weighted by molar-refractivity contribution is -0.116. The predicted octanol–water partition coefficient (Wildman–Crippen LogP) is 2.31. The second kappa shape index (κ2) is 5.77. The first-order valence-electron chi connectivity index (χ1n) is 6.56. The van der Waals surface area contributed by atoms with Crippen molar-refractivity contribution in [3.05, 3.63) is 41.2 Å². The minimum Gasteiger partial charge on any atom is -0.506 e. The second-order valence-corrected chi connectivity index (χ2v) is 4.84. The second-order valence-electron chi connectivity index (χ2n) is 4.84. The molecule has 0 bridgehead atoms. The Morgan fingerprint density at radius 1 is 1.35 bits per heavy atom. The summed E-state index contributed by atoms with van der Waals surface area (Å²) in [5, 5.41) is 16.6. The van der Waals surface area contributed by atoms with E-state index in [4.69, 9.17) is 0 Å². The molecule has 0 aliphatic carbocycles. The molecule has 2 rings (SSSR count).